The van der Waals surface area contributed by atoms with Crippen LogP contribution in [0.15, 0.2) is 29.1 Å². The van der Waals surface area contributed by atoms with Crippen molar-refractivity contribution in [2.45, 2.75) is 6.04 Å². The summed E-state index contributed by atoms with van der Waals surface area (Å²) in [6.45, 7) is 0. The highest BCUT2D eigenvalue weighted by molar-refractivity contribution is 9.10. The standard InChI is InChI=1S/C10H11BrFN5/c1-17-10(7(11)4-15-17)9(16-13)6-2-3-14-5-8(6)12/h2-5,9,16H,13H2,1H3. The Balaban J connectivity index is 2.52. The molecule has 0 radical (unpaired) electrons. The van der Waals surface area contributed by atoms with Gasteiger partial charge in [0.1, 0.15) is 5.82 Å². The minimum absolute atomic E-state index is 0.413. The Morgan fingerprint density at radius 3 is 2.82 bits per heavy atom. The van der Waals surface area contributed by atoms with Crippen LogP contribution in [0.2, 0.25) is 0 Å². The summed E-state index contributed by atoms with van der Waals surface area (Å²) in [6, 6.07) is 1.10. The van der Waals surface area contributed by atoms with Gasteiger partial charge in [-0.3, -0.25) is 15.5 Å². The zero-order chi connectivity index (χ0) is 12.4. The minimum Gasteiger partial charge on any atom is -0.271 e. The maximum atomic E-state index is 13.7. The van der Waals surface area contributed by atoms with Crippen molar-refractivity contribution in [1.82, 2.24) is 20.2 Å². The predicted molar refractivity (Wildman–Crippen MR) is 64.3 cm³/mol. The molecule has 17 heavy (non-hydrogen) atoms. The van der Waals surface area contributed by atoms with Crippen LogP contribution in [0.5, 0.6) is 0 Å². The first kappa shape index (κ1) is 12.2. The summed E-state index contributed by atoms with van der Waals surface area (Å²) in [7, 11) is 1.77. The molecule has 0 fully saturated rings. The van der Waals surface area contributed by atoms with Gasteiger partial charge in [-0.1, -0.05) is 0 Å². The van der Waals surface area contributed by atoms with Crippen LogP contribution in [0.25, 0.3) is 0 Å². The van der Waals surface area contributed by atoms with E-state index >= 15 is 0 Å². The molecule has 2 rings (SSSR count). The van der Waals surface area contributed by atoms with E-state index in [1.165, 1.54) is 6.20 Å². The van der Waals surface area contributed by atoms with Gasteiger partial charge in [-0.25, -0.2) is 9.82 Å². The Kier molecular flexibility index (Phi) is 3.51. The van der Waals surface area contributed by atoms with Crippen LogP contribution in [-0.2, 0) is 7.05 Å². The van der Waals surface area contributed by atoms with Crippen molar-refractivity contribution >= 4 is 15.9 Å². The summed E-state index contributed by atoms with van der Waals surface area (Å²) in [5, 5.41) is 4.08. The van der Waals surface area contributed by atoms with Gasteiger partial charge in [0.25, 0.3) is 0 Å². The number of halogens is 2. The molecule has 2 aromatic heterocycles. The molecule has 0 spiro atoms. The van der Waals surface area contributed by atoms with Gasteiger partial charge in [-0.15, -0.1) is 0 Å². The largest absolute Gasteiger partial charge is 0.271 e. The molecule has 90 valence electrons. The second-order valence-corrected chi connectivity index (χ2v) is 4.35. The van der Waals surface area contributed by atoms with E-state index in [1.54, 1.807) is 24.0 Å². The molecule has 5 nitrogen and oxygen atoms in total. The van der Waals surface area contributed by atoms with Crippen LogP contribution in [0.4, 0.5) is 4.39 Å². The molecular weight excluding hydrogens is 289 g/mol. The minimum atomic E-state index is -0.486. The zero-order valence-electron chi connectivity index (χ0n) is 9.06. The van der Waals surface area contributed by atoms with Crippen LogP contribution in [0, 0.1) is 5.82 Å². The van der Waals surface area contributed by atoms with Gasteiger partial charge in [0.05, 0.1) is 28.6 Å². The highest BCUT2D eigenvalue weighted by Crippen LogP contribution is 2.28. The summed E-state index contributed by atoms with van der Waals surface area (Å²) < 4.78 is 16.1. The lowest BCUT2D eigenvalue weighted by atomic mass is 10.1. The average molecular weight is 300 g/mol. The Morgan fingerprint density at radius 1 is 1.53 bits per heavy atom. The number of nitrogens with two attached hydrogens (primary N) is 1. The number of aryl methyl sites for hydroxylation is 1. The number of hydrogen-bond donors (Lipinski definition) is 2. The first-order valence-electron chi connectivity index (χ1n) is 4.88. The molecule has 1 atom stereocenters. The van der Waals surface area contributed by atoms with Crippen molar-refractivity contribution in [1.29, 1.82) is 0 Å². The van der Waals surface area contributed by atoms with E-state index in [0.29, 0.717) is 5.56 Å². The lowest BCUT2D eigenvalue weighted by molar-refractivity contribution is 0.528. The normalized spacial score (nSPS) is 12.7. The van der Waals surface area contributed by atoms with E-state index in [9.17, 15) is 4.39 Å². The maximum Gasteiger partial charge on any atom is 0.146 e. The van der Waals surface area contributed by atoms with Gasteiger partial charge in [-0.05, 0) is 22.0 Å². The maximum absolute atomic E-state index is 13.7. The molecule has 0 aromatic carbocycles. The van der Waals surface area contributed by atoms with Crippen molar-refractivity contribution in [3.8, 4) is 0 Å². The summed E-state index contributed by atoms with van der Waals surface area (Å²) in [6.07, 6.45) is 4.32. The molecule has 0 aliphatic carbocycles. The molecule has 0 aliphatic rings. The number of hydrazine groups is 1. The van der Waals surface area contributed by atoms with Gasteiger partial charge >= 0.3 is 0 Å². The molecule has 0 saturated heterocycles. The SMILES string of the molecule is Cn1ncc(Br)c1C(NN)c1ccncc1F. The van der Waals surface area contributed by atoms with E-state index in [4.69, 9.17) is 5.84 Å². The van der Waals surface area contributed by atoms with E-state index < -0.39 is 11.9 Å². The average Bonchev–Trinajstić information content (AvgIpc) is 2.64. The van der Waals surface area contributed by atoms with Crippen LogP contribution < -0.4 is 11.3 Å². The Hall–Kier alpha value is -1.31. The highest BCUT2D eigenvalue weighted by Gasteiger charge is 2.22. The Morgan fingerprint density at radius 2 is 2.29 bits per heavy atom. The number of hydrogen-bond acceptors (Lipinski definition) is 4. The van der Waals surface area contributed by atoms with Crippen molar-refractivity contribution < 1.29 is 4.39 Å². The first-order valence-corrected chi connectivity index (χ1v) is 5.67. The van der Waals surface area contributed by atoms with Gasteiger partial charge in [0.15, 0.2) is 0 Å². The highest BCUT2D eigenvalue weighted by atomic mass is 79.9. The van der Waals surface area contributed by atoms with Crippen molar-refractivity contribution in [2.24, 2.45) is 12.9 Å². The molecule has 0 aliphatic heterocycles. The quantitative estimate of drug-likeness (QED) is 0.661. The molecule has 0 saturated carbocycles. The van der Waals surface area contributed by atoms with E-state index in [1.807, 2.05) is 0 Å². The van der Waals surface area contributed by atoms with Gasteiger partial charge in [-0.2, -0.15) is 5.10 Å². The lowest BCUT2D eigenvalue weighted by Crippen LogP contribution is -2.31. The summed E-state index contributed by atoms with van der Waals surface area (Å²) in [4.78, 5) is 3.71. The van der Waals surface area contributed by atoms with Crippen molar-refractivity contribution in [2.75, 3.05) is 0 Å². The van der Waals surface area contributed by atoms with Gasteiger partial charge in [0, 0.05) is 18.8 Å². The van der Waals surface area contributed by atoms with Crippen LogP contribution in [-0.4, -0.2) is 14.8 Å². The lowest BCUT2D eigenvalue weighted by Gasteiger charge is -2.17. The molecule has 3 N–H and O–H groups in total. The third-order valence-corrected chi connectivity index (χ3v) is 3.10. The molecular formula is C10H11BrFN5. The van der Waals surface area contributed by atoms with Crippen LogP contribution in [0.3, 0.4) is 0 Å². The Labute approximate surface area is 106 Å². The molecule has 2 heterocycles. The third kappa shape index (κ3) is 2.21. The predicted octanol–water partition coefficient (Wildman–Crippen LogP) is 1.27. The van der Waals surface area contributed by atoms with Gasteiger partial charge < -0.3 is 0 Å². The van der Waals surface area contributed by atoms with E-state index in [0.717, 1.165) is 16.4 Å². The molecule has 0 amide bonds. The number of aromatic nitrogens is 3. The molecule has 0 bridgehead atoms. The van der Waals surface area contributed by atoms with Crippen molar-refractivity contribution in [3.05, 3.63) is 46.2 Å². The number of nitrogens with zero attached hydrogens (tertiary/aromatic N) is 3. The molecule has 1 unspecified atom stereocenters. The van der Waals surface area contributed by atoms with Crippen molar-refractivity contribution in [3.63, 3.8) is 0 Å². The summed E-state index contributed by atoms with van der Waals surface area (Å²) in [5.74, 6) is 5.09. The fraction of sp³-hybridized carbons (Fsp3) is 0.200. The topological polar surface area (TPSA) is 68.8 Å². The first-order chi connectivity index (χ1) is 8.15. The van der Waals surface area contributed by atoms with Crippen LogP contribution in [0.1, 0.15) is 17.3 Å². The zero-order valence-corrected chi connectivity index (χ0v) is 10.6. The summed E-state index contributed by atoms with van der Waals surface area (Å²) >= 11 is 3.36. The van der Waals surface area contributed by atoms with E-state index in [2.05, 4.69) is 31.4 Å². The summed E-state index contributed by atoms with van der Waals surface area (Å²) in [5.41, 5.74) is 3.76. The monoisotopic (exact) mass is 299 g/mol. The molecule has 7 heteroatoms. The number of rotatable bonds is 3. The second-order valence-electron chi connectivity index (χ2n) is 3.50. The fourth-order valence-corrected chi connectivity index (χ4v) is 2.26. The smallest absolute Gasteiger partial charge is 0.146 e. The number of nitrogens with one attached hydrogen (secondary N) is 1. The van der Waals surface area contributed by atoms with E-state index in [-0.39, 0.29) is 0 Å². The fourth-order valence-electron chi connectivity index (χ4n) is 1.68. The van der Waals surface area contributed by atoms with Gasteiger partial charge in [0.2, 0.25) is 0 Å². The van der Waals surface area contributed by atoms with Crippen LogP contribution >= 0.6 is 15.9 Å². The second kappa shape index (κ2) is 4.91. The Bertz CT molecular complexity index is 508. The third-order valence-electron chi connectivity index (χ3n) is 2.49. The molecule has 2 aromatic rings. The number of pyridine rings is 1.